The largest absolute Gasteiger partial charge is 0.507 e. The van der Waals surface area contributed by atoms with Crippen LogP contribution in [0.25, 0.3) is 0 Å². The van der Waals surface area contributed by atoms with E-state index in [9.17, 15) is 35.0 Å². The van der Waals surface area contributed by atoms with E-state index in [4.69, 9.17) is 4.74 Å². The van der Waals surface area contributed by atoms with Crippen molar-refractivity contribution in [3.63, 3.8) is 0 Å². The Morgan fingerprint density at radius 1 is 1.14 bits per heavy atom. The second-order valence-corrected chi connectivity index (χ2v) is 9.74. The van der Waals surface area contributed by atoms with Crippen molar-refractivity contribution in [3.05, 3.63) is 63.2 Å². The Kier molecular flexibility index (Phi) is 5.42. The van der Waals surface area contributed by atoms with Crippen LogP contribution in [0.5, 0.6) is 5.75 Å². The van der Waals surface area contributed by atoms with Gasteiger partial charge in [-0.1, -0.05) is 6.07 Å². The smallest absolute Gasteiger partial charge is 0.271 e. The van der Waals surface area contributed by atoms with Gasteiger partial charge in [-0.15, -0.1) is 0 Å². The van der Waals surface area contributed by atoms with Crippen LogP contribution in [0.4, 0.5) is 11.4 Å². The predicted molar refractivity (Wildman–Crippen MR) is 122 cm³/mol. The third kappa shape index (κ3) is 3.43. The van der Waals surface area contributed by atoms with Crippen LogP contribution in [-0.4, -0.2) is 44.5 Å². The first-order valence-corrected chi connectivity index (χ1v) is 11.5. The quantitative estimate of drug-likeness (QED) is 0.342. The number of aromatic hydroxyl groups is 1. The minimum atomic E-state index is -1.82. The van der Waals surface area contributed by atoms with Crippen LogP contribution in [-0.2, 0) is 14.3 Å². The normalized spacial score (nSPS) is 32.0. The molecule has 3 N–H and O–H groups in total. The second kappa shape index (κ2) is 8.11. The van der Waals surface area contributed by atoms with Gasteiger partial charge in [0.1, 0.15) is 5.75 Å². The van der Waals surface area contributed by atoms with Gasteiger partial charge in [0.25, 0.3) is 5.69 Å². The number of phenols is 1. The third-order valence-electron chi connectivity index (χ3n) is 7.77. The molecule has 2 saturated heterocycles. The molecule has 1 aliphatic carbocycles. The van der Waals surface area contributed by atoms with Crippen molar-refractivity contribution in [2.24, 2.45) is 23.7 Å². The lowest BCUT2D eigenvalue weighted by Crippen LogP contribution is -2.54. The number of benzene rings is 2. The molecule has 2 heterocycles. The molecule has 0 aromatic heterocycles. The molecule has 5 rings (SSSR count). The Labute approximate surface area is 200 Å². The SMILES string of the molecule is Cc1cc([C@@H]2C[C@H]3[C@H]4C(=O)N(c5cccc([N+](=O)[O-])c5)C(=O)[C@H]4C[C@H](CO)[C@@]3(O)O2)cc(C)c1O. The molecule has 1 saturated carbocycles. The summed E-state index contributed by atoms with van der Waals surface area (Å²) in [5.74, 6) is -5.93. The number of phenolic OH excluding ortho intramolecular Hbond substituents is 1. The number of imide groups is 1. The number of aliphatic hydroxyl groups excluding tert-OH is 1. The van der Waals surface area contributed by atoms with E-state index in [1.165, 1.54) is 24.3 Å². The van der Waals surface area contributed by atoms with Crippen LogP contribution in [0.1, 0.15) is 35.6 Å². The van der Waals surface area contributed by atoms with Gasteiger partial charge in [0.05, 0.1) is 35.2 Å². The fourth-order valence-electron chi connectivity index (χ4n) is 6.08. The standard InChI is InChI=1S/C25H26N2O8/c1-12-6-14(7-13(2)22(12)29)20-10-19-21-18(8-15(11-28)25(19,32)35-20)23(30)26(24(21)31)16-4-3-5-17(9-16)27(33)34/h3-7,9,15,18-21,28-29,32H,8,10-11H2,1-2H3/t15-,18+,19+,20+,21+,25-/m1/s1. The van der Waals surface area contributed by atoms with Crippen molar-refractivity contribution in [1.82, 2.24) is 0 Å². The van der Waals surface area contributed by atoms with Gasteiger partial charge < -0.3 is 20.1 Å². The van der Waals surface area contributed by atoms with Gasteiger partial charge in [0.2, 0.25) is 11.8 Å². The van der Waals surface area contributed by atoms with E-state index in [-0.39, 0.29) is 30.0 Å². The third-order valence-corrected chi connectivity index (χ3v) is 7.77. The molecule has 2 aromatic carbocycles. The predicted octanol–water partition coefficient (Wildman–Crippen LogP) is 2.50. The highest BCUT2D eigenvalue weighted by Crippen LogP contribution is 2.58. The minimum absolute atomic E-state index is 0.0462. The molecule has 2 aliphatic heterocycles. The maximum absolute atomic E-state index is 13.6. The lowest BCUT2D eigenvalue weighted by atomic mass is 9.64. The molecule has 0 unspecified atom stereocenters. The molecule has 35 heavy (non-hydrogen) atoms. The maximum atomic E-state index is 13.6. The Bertz CT molecular complexity index is 1220. The van der Waals surface area contributed by atoms with Gasteiger partial charge in [0, 0.05) is 24.0 Å². The number of rotatable bonds is 4. The molecule has 2 amide bonds. The fourth-order valence-corrected chi connectivity index (χ4v) is 6.08. The summed E-state index contributed by atoms with van der Waals surface area (Å²) >= 11 is 0. The van der Waals surface area contributed by atoms with E-state index >= 15 is 0 Å². The number of aryl methyl sites for hydroxylation is 2. The van der Waals surface area contributed by atoms with Crippen LogP contribution in [0, 0.1) is 47.6 Å². The van der Waals surface area contributed by atoms with Gasteiger partial charge in [-0.25, -0.2) is 4.90 Å². The van der Waals surface area contributed by atoms with Crippen molar-refractivity contribution in [2.45, 2.75) is 38.6 Å². The average Bonchev–Trinajstić information content (AvgIpc) is 3.30. The van der Waals surface area contributed by atoms with Gasteiger partial charge in [0.15, 0.2) is 5.79 Å². The number of carbonyl (C=O) groups is 2. The Morgan fingerprint density at radius 3 is 2.46 bits per heavy atom. The zero-order chi connectivity index (χ0) is 25.2. The molecule has 3 aliphatic rings. The number of carbonyl (C=O) groups excluding carboxylic acids is 2. The fraction of sp³-hybridized carbons (Fsp3) is 0.440. The number of hydrogen-bond acceptors (Lipinski definition) is 8. The lowest BCUT2D eigenvalue weighted by molar-refractivity contribution is -0.384. The van der Waals surface area contributed by atoms with Crippen LogP contribution in [0.2, 0.25) is 0 Å². The number of nitrogens with zero attached hydrogens (tertiary/aromatic N) is 2. The minimum Gasteiger partial charge on any atom is -0.507 e. The molecule has 0 spiro atoms. The van der Waals surface area contributed by atoms with E-state index < -0.39 is 58.9 Å². The zero-order valence-electron chi connectivity index (χ0n) is 19.2. The van der Waals surface area contributed by atoms with E-state index in [1.54, 1.807) is 26.0 Å². The number of fused-ring (bicyclic) bond motifs is 3. The molecule has 6 atom stereocenters. The Balaban J connectivity index is 1.53. The summed E-state index contributed by atoms with van der Waals surface area (Å²) in [6, 6.07) is 8.85. The van der Waals surface area contributed by atoms with Crippen molar-refractivity contribution >= 4 is 23.2 Å². The molecule has 0 radical (unpaired) electrons. The zero-order valence-corrected chi connectivity index (χ0v) is 19.2. The molecule has 2 aromatic rings. The number of amides is 2. The number of nitro benzene ring substituents is 1. The first-order chi connectivity index (χ1) is 16.6. The first-order valence-electron chi connectivity index (χ1n) is 11.5. The molecular weight excluding hydrogens is 456 g/mol. The second-order valence-electron chi connectivity index (χ2n) is 9.74. The number of anilines is 1. The molecule has 0 bridgehead atoms. The highest BCUT2D eigenvalue weighted by Gasteiger charge is 2.66. The average molecular weight is 482 g/mol. The van der Waals surface area contributed by atoms with Crippen molar-refractivity contribution in [3.8, 4) is 5.75 Å². The monoisotopic (exact) mass is 482 g/mol. The van der Waals surface area contributed by atoms with Crippen molar-refractivity contribution in [1.29, 1.82) is 0 Å². The summed E-state index contributed by atoms with van der Waals surface area (Å²) in [6.45, 7) is 3.07. The summed E-state index contributed by atoms with van der Waals surface area (Å²) in [5, 5.41) is 43.1. The number of ether oxygens (including phenoxy) is 1. The maximum Gasteiger partial charge on any atom is 0.271 e. The van der Waals surface area contributed by atoms with Crippen molar-refractivity contribution < 1.29 is 34.6 Å². The number of nitro groups is 1. The summed E-state index contributed by atoms with van der Waals surface area (Å²) in [4.78, 5) is 38.5. The summed E-state index contributed by atoms with van der Waals surface area (Å²) in [7, 11) is 0. The highest BCUT2D eigenvalue weighted by atomic mass is 16.6. The number of non-ortho nitro benzene ring substituents is 1. The molecule has 10 nitrogen and oxygen atoms in total. The summed E-state index contributed by atoms with van der Waals surface area (Å²) in [5.41, 5.74) is 1.87. The van der Waals surface area contributed by atoms with Crippen LogP contribution in [0.15, 0.2) is 36.4 Å². The summed E-state index contributed by atoms with van der Waals surface area (Å²) < 4.78 is 6.12. The van der Waals surface area contributed by atoms with Crippen LogP contribution in [0.3, 0.4) is 0 Å². The van der Waals surface area contributed by atoms with Gasteiger partial charge >= 0.3 is 0 Å². The number of aliphatic hydroxyl groups is 2. The van der Waals surface area contributed by atoms with Gasteiger partial charge in [-0.2, -0.15) is 0 Å². The molecule has 10 heteroatoms. The molecular formula is C25H26N2O8. The highest BCUT2D eigenvalue weighted by molar-refractivity contribution is 6.22. The van der Waals surface area contributed by atoms with E-state index in [1.807, 2.05) is 0 Å². The van der Waals surface area contributed by atoms with Crippen LogP contribution >= 0.6 is 0 Å². The van der Waals surface area contributed by atoms with Crippen molar-refractivity contribution in [2.75, 3.05) is 11.5 Å². The molecule has 3 fully saturated rings. The van der Waals surface area contributed by atoms with Crippen LogP contribution < -0.4 is 4.90 Å². The Hall–Kier alpha value is -3.34. The van der Waals surface area contributed by atoms with E-state index in [2.05, 4.69) is 0 Å². The Morgan fingerprint density at radius 2 is 1.83 bits per heavy atom. The van der Waals surface area contributed by atoms with E-state index in [0.717, 1.165) is 10.5 Å². The topological polar surface area (TPSA) is 150 Å². The molecule has 184 valence electrons. The van der Waals surface area contributed by atoms with Gasteiger partial charge in [-0.05, 0) is 61.6 Å². The van der Waals surface area contributed by atoms with E-state index in [0.29, 0.717) is 11.1 Å². The lowest BCUT2D eigenvalue weighted by Gasteiger charge is -2.44. The summed E-state index contributed by atoms with van der Waals surface area (Å²) in [6.07, 6.45) is -0.324. The number of hydrogen-bond donors (Lipinski definition) is 3. The first kappa shape index (κ1) is 23.4. The van der Waals surface area contributed by atoms with Gasteiger partial charge in [-0.3, -0.25) is 19.7 Å².